The number of hydrogen-bond acceptors (Lipinski definition) is 4. The number of hydrogen-bond donors (Lipinski definition) is 0. The molecule has 0 fully saturated rings. The zero-order valence-corrected chi connectivity index (χ0v) is 27.3. The molecule has 0 bridgehead atoms. The molecule has 1 aliphatic carbocycles. The largest absolute Gasteiger partial charge is 0.456 e. The van der Waals surface area contributed by atoms with Crippen molar-refractivity contribution >= 4 is 43.5 Å². The van der Waals surface area contributed by atoms with Gasteiger partial charge in [0.05, 0.1) is 0 Å². The maximum Gasteiger partial charge on any atom is 0.164 e. The molecule has 4 nitrogen and oxygen atoms in total. The lowest BCUT2D eigenvalue weighted by atomic mass is 9.95. The Morgan fingerprint density at radius 3 is 1.71 bits per heavy atom. The molecule has 0 amide bonds. The predicted molar refractivity (Wildman–Crippen MR) is 208 cm³/mol. The first kappa shape index (κ1) is 28.0. The Bertz CT molecular complexity index is 3050. The van der Waals surface area contributed by atoms with Gasteiger partial charge in [-0.2, -0.15) is 0 Å². The zero-order valence-electron chi connectivity index (χ0n) is 27.3. The summed E-state index contributed by atoms with van der Waals surface area (Å²) in [4.78, 5) is 15.7. The first-order valence-electron chi connectivity index (χ1n) is 17.2. The summed E-state index contributed by atoms with van der Waals surface area (Å²) in [5.41, 5.74) is 11.6. The highest BCUT2D eigenvalue weighted by Gasteiger charge is 2.24. The Morgan fingerprint density at radius 1 is 0.314 bits per heavy atom. The number of para-hydroxylation sites is 1. The van der Waals surface area contributed by atoms with Crippen molar-refractivity contribution in [1.82, 2.24) is 15.0 Å². The van der Waals surface area contributed by atoms with E-state index in [1.54, 1.807) is 0 Å². The van der Waals surface area contributed by atoms with Gasteiger partial charge in [0.2, 0.25) is 0 Å². The van der Waals surface area contributed by atoms with E-state index in [1.165, 1.54) is 38.4 Å². The van der Waals surface area contributed by atoms with E-state index < -0.39 is 0 Å². The van der Waals surface area contributed by atoms with E-state index in [0.717, 1.165) is 55.1 Å². The van der Waals surface area contributed by atoms with Crippen LogP contribution in [0.15, 0.2) is 168 Å². The third-order valence-corrected chi connectivity index (χ3v) is 10.2. The summed E-state index contributed by atoms with van der Waals surface area (Å²) in [5, 5.41) is 6.92. The topological polar surface area (TPSA) is 51.8 Å². The number of fused-ring (bicyclic) bond motifs is 7. The minimum atomic E-state index is 0.620. The summed E-state index contributed by atoms with van der Waals surface area (Å²) in [5.74, 6) is 1.89. The zero-order chi connectivity index (χ0) is 33.5. The van der Waals surface area contributed by atoms with Crippen molar-refractivity contribution in [2.24, 2.45) is 0 Å². The standard InChI is InChI=1S/C47H27N3O/c1-2-12-29-25-31(24-23-28(29)11-1)45-48-46(32-26-30-13-9-19-36-33-14-3-4-15-34(33)40(27-32)43(30)36)50-47(49-45)38-17-6-5-16-35(38)37-20-10-22-42-44(37)39-18-7-8-21-41(39)51-42/h1-27H. The summed E-state index contributed by atoms with van der Waals surface area (Å²) in [6, 6.07) is 57.4. The van der Waals surface area contributed by atoms with Crippen LogP contribution in [-0.2, 0) is 0 Å². The van der Waals surface area contributed by atoms with Crippen molar-refractivity contribution in [2.45, 2.75) is 0 Å². The predicted octanol–water partition coefficient (Wildman–Crippen LogP) is 12.4. The van der Waals surface area contributed by atoms with E-state index in [4.69, 9.17) is 19.4 Å². The molecule has 2 aromatic heterocycles. The number of rotatable bonds is 4. The van der Waals surface area contributed by atoms with Gasteiger partial charge in [-0.1, -0.05) is 133 Å². The van der Waals surface area contributed by atoms with Gasteiger partial charge in [0, 0.05) is 27.5 Å². The van der Waals surface area contributed by atoms with Crippen molar-refractivity contribution in [3.8, 4) is 67.5 Å². The van der Waals surface area contributed by atoms with Gasteiger partial charge in [-0.3, -0.25) is 0 Å². The van der Waals surface area contributed by atoms with Gasteiger partial charge in [0.25, 0.3) is 0 Å². The highest BCUT2D eigenvalue weighted by atomic mass is 16.3. The Labute approximate surface area is 293 Å². The lowest BCUT2D eigenvalue weighted by Gasteiger charge is -2.14. The molecule has 51 heavy (non-hydrogen) atoms. The maximum absolute atomic E-state index is 6.29. The molecule has 11 rings (SSSR count). The summed E-state index contributed by atoms with van der Waals surface area (Å²) >= 11 is 0. The van der Waals surface area contributed by atoms with E-state index in [2.05, 4.69) is 146 Å². The molecular formula is C47H27N3O. The quantitative estimate of drug-likeness (QED) is 0.190. The monoisotopic (exact) mass is 649 g/mol. The smallest absolute Gasteiger partial charge is 0.164 e. The van der Waals surface area contributed by atoms with Gasteiger partial charge in [0.1, 0.15) is 11.2 Å². The molecule has 0 unspecified atom stereocenters. The van der Waals surface area contributed by atoms with Crippen LogP contribution in [0.25, 0.3) is 111 Å². The highest BCUT2D eigenvalue weighted by molar-refractivity contribution is 6.16. The molecule has 0 spiro atoms. The SMILES string of the molecule is c1ccc(-c2cccc3oc4ccccc4c23)c(-c2nc(-c3ccc4ccccc4c3)nc(-c3cc4c5c(cccc5c3)-c3ccccc3-4)n2)c1. The fourth-order valence-corrected chi connectivity index (χ4v) is 7.94. The minimum absolute atomic E-state index is 0.620. The molecule has 0 N–H and O–H groups in total. The second kappa shape index (κ2) is 10.8. The van der Waals surface area contributed by atoms with Crippen LogP contribution >= 0.6 is 0 Å². The van der Waals surface area contributed by atoms with Crippen molar-refractivity contribution in [1.29, 1.82) is 0 Å². The van der Waals surface area contributed by atoms with E-state index in [1.807, 2.05) is 18.2 Å². The van der Waals surface area contributed by atoms with Crippen LogP contribution < -0.4 is 0 Å². The van der Waals surface area contributed by atoms with Crippen molar-refractivity contribution in [3.05, 3.63) is 164 Å². The molecule has 0 atom stereocenters. The Kier molecular flexibility index (Phi) is 5.92. The lowest BCUT2D eigenvalue weighted by molar-refractivity contribution is 0.669. The molecule has 236 valence electrons. The van der Waals surface area contributed by atoms with E-state index in [9.17, 15) is 0 Å². The Balaban J connectivity index is 1.17. The molecule has 2 heterocycles. The third kappa shape index (κ3) is 4.30. The van der Waals surface area contributed by atoms with Gasteiger partial charge < -0.3 is 4.42 Å². The normalized spacial score (nSPS) is 11.9. The number of nitrogens with zero attached hydrogens (tertiary/aromatic N) is 3. The summed E-state index contributed by atoms with van der Waals surface area (Å²) in [6.07, 6.45) is 0. The minimum Gasteiger partial charge on any atom is -0.456 e. The van der Waals surface area contributed by atoms with Crippen LogP contribution in [0.3, 0.4) is 0 Å². The second-order valence-electron chi connectivity index (χ2n) is 13.2. The van der Waals surface area contributed by atoms with E-state index in [-0.39, 0.29) is 0 Å². The van der Waals surface area contributed by atoms with Crippen molar-refractivity contribution in [2.75, 3.05) is 0 Å². The van der Waals surface area contributed by atoms with Gasteiger partial charge >= 0.3 is 0 Å². The van der Waals surface area contributed by atoms with Crippen LogP contribution in [-0.4, -0.2) is 15.0 Å². The molecule has 10 aromatic rings. The summed E-state index contributed by atoms with van der Waals surface area (Å²) in [7, 11) is 0. The van der Waals surface area contributed by atoms with Crippen LogP contribution in [0.2, 0.25) is 0 Å². The van der Waals surface area contributed by atoms with Crippen LogP contribution in [0.1, 0.15) is 0 Å². The first-order valence-corrected chi connectivity index (χ1v) is 17.2. The maximum atomic E-state index is 6.29. The summed E-state index contributed by atoms with van der Waals surface area (Å²) < 4.78 is 6.29. The molecule has 4 heteroatoms. The number of furan rings is 1. The molecule has 1 aliphatic rings. The molecule has 0 saturated carbocycles. The second-order valence-corrected chi connectivity index (χ2v) is 13.2. The average molecular weight is 650 g/mol. The lowest BCUT2D eigenvalue weighted by Crippen LogP contribution is -2.01. The van der Waals surface area contributed by atoms with Gasteiger partial charge in [-0.05, 0) is 85.3 Å². The molecule has 0 radical (unpaired) electrons. The third-order valence-electron chi connectivity index (χ3n) is 10.2. The first-order chi connectivity index (χ1) is 25.3. The van der Waals surface area contributed by atoms with Crippen molar-refractivity contribution in [3.63, 3.8) is 0 Å². The molecule has 0 aliphatic heterocycles. The van der Waals surface area contributed by atoms with Crippen molar-refractivity contribution < 1.29 is 4.42 Å². The number of benzene rings is 8. The fourth-order valence-electron chi connectivity index (χ4n) is 7.94. The summed E-state index contributed by atoms with van der Waals surface area (Å²) in [6.45, 7) is 0. The van der Waals surface area contributed by atoms with Gasteiger partial charge in [0.15, 0.2) is 17.5 Å². The van der Waals surface area contributed by atoms with E-state index in [0.29, 0.717) is 17.5 Å². The molecule has 8 aromatic carbocycles. The number of aromatic nitrogens is 3. The van der Waals surface area contributed by atoms with Crippen LogP contribution in [0.4, 0.5) is 0 Å². The van der Waals surface area contributed by atoms with E-state index >= 15 is 0 Å². The van der Waals surface area contributed by atoms with Crippen LogP contribution in [0, 0.1) is 0 Å². The molecular weight excluding hydrogens is 623 g/mol. The molecule has 0 saturated heterocycles. The van der Waals surface area contributed by atoms with Gasteiger partial charge in [-0.15, -0.1) is 0 Å². The van der Waals surface area contributed by atoms with Gasteiger partial charge in [-0.25, -0.2) is 15.0 Å². The Hall–Kier alpha value is -6.91. The fraction of sp³-hybridized carbons (Fsp3) is 0. The highest BCUT2D eigenvalue weighted by Crippen LogP contribution is 2.48. The van der Waals surface area contributed by atoms with Crippen LogP contribution in [0.5, 0.6) is 0 Å². The Morgan fingerprint density at radius 2 is 0.863 bits per heavy atom. The average Bonchev–Trinajstić information content (AvgIpc) is 3.74.